The minimum atomic E-state index is 0.173. The summed E-state index contributed by atoms with van der Waals surface area (Å²) in [6, 6.07) is 20.8. The van der Waals surface area contributed by atoms with Crippen molar-refractivity contribution in [2.45, 2.75) is 91.3 Å². The summed E-state index contributed by atoms with van der Waals surface area (Å²) in [5, 5.41) is 0. The minimum absolute atomic E-state index is 0.173. The lowest BCUT2D eigenvalue weighted by molar-refractivity contribution is 0.0367. The third-order valence-corrected chi connectivity index (χ3v) is 11.2. The first kappa shape index (κ1) is 19.3. The second-order valence-corrected chi connectivity index (χ2v) is 13.0. The molecule has 0 aromatic heterocycles. The normalized spacial score (nSPS) is 34.1. The molecule has 0 saturated heterocycles. The van der Waals surface area contributed by atoms with Crippen LogP contribution in [0.25, 0.3) is 0 Å². The summed E-state index contributed by atoms with van der Waals surface area (Å²) in [7, 11) is 0.173. The Balaban J connectivity index is 1.32. The van der Waals surface area contributed by atoms with Gasteiger partial charge in [-0.25, -0.2) is 0 Å². The van der Waals surface area contributed by atoms with E-state index in [0.29, 0.717) is 10.9 Å². The van der Waals surface area contributed by atoms with Crippen LogP contribution in [0.1, 0.15) is 70.6 Å². The van der Waals surface area contributed by atoms with E-state index in [0.717, 1.165) is 23.5 Å². The summed E-state index contributed by atoms with van der Waals surface area (Å²) in [5.41, 5.74) is 0. The molecule has 0 aliphatic heterocycles. The van der Waals surface area contributed by atoms with E-state index in [1.807, 2.05) is 0 Å². The molecule has 1 atom stereocenters. The molecule has 2 heteroatoms. The van der Waals surface area contributed by atoms with Gasteiger partial charge in [-0.2, -0.15) is 0 Å². The predicted molar refractivity (Wildman–Crippen MR) is 125 cm³/mol. The van der Waals surface area contributed by atoms with Gasteiger partial charge in [0.25, 0.3) is 0 Å². The van der Waals surface area contributed by atoms with Crippen LogP contribution in [-0.2, 0) is 10.9 Å². The van der Waals surface area contributed by atoms with E-state index in [9.17, 15) is 0 Å². The molecule has 2 aromatic carbocycles. The number of benzene rings is 2. The lowest BCUT2D eigenvalue weighted by Gasteiger charge is -2.54. The first-order chi connectivity index (χ1) is 14.8. The van der Waals surface area contributed by atoms with E-state index < -0.39 is 0 Å². The molecular weight excluding hydrogens is 384 g/mol. The van der Waals surface area contributed by atoms with Crippen molar-refractivity contribution in [1.29, 1.82) is 0 Å². The Morgan fingerprint density at radius 1 is 0.667 bits per heavy atom. The van der Waals surface area contributed by atoms with Crippen LogP contribution in [0, 0.1) is 17.8 Å². The fourth-order valence-electron chi connectivity index (χ4n) is 7.50. The molecule has 5 aliphatic carbocycles. The number of hydrogen-bond donors (Lipinski definition) is 0. The lowest BCUT2D eigenvalue weighted by atomic mass is 9.56. The molecule has 0 amide bonds. The number of ether oxygens (including phenoxy) is 1. The van der Waals surface area contributed by atoms with Gasteiger partial charge in [-0.3, -0.25) is 0 Å². The molecule has 5 fully saturated rings. The Bertz CT molecular complexity index is 817. The highest BCUT2D eigenvalue weighted by Crippen LogP contribution is 2.61. The second-order valence-electron chi connectivity index (χ2n) is 10.6. The summed E-state index contributed by atoms with van der Waals surface area (Å²) in [6.07, 6.45) is 15.8. The van der Waals surface area contributed by atoms with Gasteiger partial charge < -0.3 is 4.74 Å². The van der Waals surface area contributed by atoms with Crippen LogP contribution in [0.15, 0.2) is 64.4 Å². The maximum absolute atomic E-state index is 6.35. The fraction of sp³-hybridized carbons (Fsp3) is 0.571. The van der Waals surface area contributed by atoms with Gasteiger partial charge in [0.2, 0.25) is 0 Å². The van der Waals surface area contributed by atoms with Crippen molar-refractivity contribution in [1.82, 2.24) is 0 Å². The van der Waals surface area contributed by atoms with Crippen LogP contribution in [0.3, 0.4) is 0 Å². The lowest BCUT2D eigenvalue weighted by Crippen LogP contribution is -2.54. The van der Waals surface area contributed by atoms with E-state index in [1.165, 1.54) is 70.6 Å². The first-order valence-electron chi connectivity index (χ1n) is 12.3. The third-order valence-electron chi connectivity index (χ3n) is 8.31. The molecule has 30 heavy (non-hydrogen) atoms. The van der Waals surface area contributed by atoms with Crippen molar-refractivity contribution >= 4 is 10.9 Å². The molecule has 0 radical (unpaired) electrons. The first-order valence-corrected chi connectivity index (χ1v) is 13.6. The van der Waals surface area contributed by atoms with E-state index >= 15 is 0 Å². The van der Waals surface area contributed by atoms with Crippen LogP contribution in [0.5, 0.6) is 5.75 Å². The minimum Gasteiger partial charge on any atom is -0.490 e. The highest BCUT2D eigenvalue weighted by atomic mass is 32.2. The maximum Gasteiger partial charge on any atom is 0.161 e. The number of rotatable bonds is 5. The Morgan fingerprint density at radius 3 is 1.83 bits per heavy atom. The fourth-order valence-corrected chi connectivity index (χ4v) is 10.8. The maximum atomic E-state index is 6.35. The van der Waals surface area contributed by atoms with Crippen molar-refractivity contribution < 1.29 is 4.74 Å². The van der Waals surface area contributed by atoms with Gasteiger partial charge in [0.05, 0.1) is 17.0 Å². The molecule has 5 saturated carbocycles. The largest absolute Gasteiger partial charge is 0.490 e. The van der Waals surface area contributed by atoms with Crippen molar-refractivity contribution in [2.24, 2.45) is 17.8 Å². The molecule has 1 nitrogen and oxygen atoms in total. The summed E-state index contributed by atoms with van der Waals surface area (Å²) in [6.45, 7) is 0. The van der Waals surface area contributed by atoms with Crippen LogP contribution in [0.2, 0.25) is 0 Å². The Labute approximate surface area is 185 Å². The topological polar surface area (TPSA) is 9.23 Å². The Hall–Kier alpha value is -1.41. The average Bonchev–Trinajstić information content (AvgIpc) is 2.76. The molecule has 158 valence electrons. The van der Waals surface area contributed by atoms with Crippen LogP contribution < -0.4 is 4.74 Å². The van der Waals surface area contributed by atoms with Crippen molar-refractivity contribution in [2.75, 3.05) is 0 Å². The van der Waals surface area contributed by atoms with Gasteiger partial charge >= 0.3 is 0 Å². The molecule has 0 spiro atoms. The van der Waals surface area contributed by atoms with Crippen molar-refractivity contribution in [3.8, 4) is 5.75 Å². The van der Waals surface area contributed by atoms with Crippen LogP contribution >= 0.6 is 0 Å². The highest BCUT2D eigenvalue weighted by molar-refractivity contribution is 7.98. The second kappa shape index (κ2) is 7.93. The molecule has 0 N–H and O–H groups in total. The van der Waals surface area contributed by atoms with Gasteiger partial charge in [-0.15, -0.1) is 0 Å². The quantitative estimate of drug-likeness (QED) is 0.459. The van der Waals surface area contributed by atoms with Crippen LogP contribution in [-0.4, -0.2) is 10.9 Å². The van der Waals surface area contributed by atoms with Gasteiger partial charge in [0, 0.05) is 19.3 Å². The molecular formula is C28H35OS+. The zero-order valence-electron chi connectivity index (χ0n) is 18.1. The molecule has 5 aliphatic rings. The standard InChI is InChI=1S/C28H35OS/c1-3-7-24(8-4-1)29-25-11-13-27(14-12-25)30(26-9-5-2-6-10-26)28-18-21-15-22(19-28)17-23(16-21)20-28/h2,5-6,9-14,21-24H,1,3-4,7-8,15-20H2/q+1. The summed E-state index contributed by atoms with van der Waals surface area (Å²) < 4.78 is 6.85. The van der Waals surface area contributed by atoms with E-state index in [-0.39, 0.29) is 10.9 Å². The van der Waals surface area contributed by atoms with Crippen molar-refractivity contribution in [3.05, 3.63) is 54.6 Å². The monoisotopic (exact) mass is 419 g/mol. The van der Waals surface area contributed by atoms with Gasteiger partial charge in [-0.1, -0.05) is 24.6 Å². The zero-order valence-corrected chi connectivity index (χ0v) is 18.9. The average molecular weight is 420 g/mol. The smallest absolute Gasteiger partial charge is 0.161 e. The van der Waals surface area contributed by atoms with E-state index in [2.05, 4.69) is 54.6 Å². The SMILES string of the molecule is c1ccc([S+](c2ccc(OC3CCCCC3)cc2)C23CC4CC(CC(C4)C2)C3)cc1. The highest BCUT2D eigenvalue weighted by Gasteiger charge is 2.61. The molecule has 0 heterocycles. The molecule has 7 rings (SSSR count). The third kappa shape index (κ3) is 3.60. The predicted octanol–water partition coefficient (Wildman–Crippen LogP) is 7.40. The van der Waals surface area contributed by atoms with Gasteiger partial charge in [0.15, 0.2) is 9.79 Å². The molecule has 2 aromatic rings. The van der Waals surface area contributed by atoms with E-state index in [1.54, 1.807) is 9.79 Å². The van der Waals surface area contributed by atoms with Crippen molar-refractivity contribution in [3.63, 3.8) is 0 Å². The Morgan fingerprint density at radius 2 is 1.23 bits per heavy atom. The van der Waals surface area contributed by atoms with Gasteiger partial charge in [0.1, 0.15) is 10.5 Å². The van der Waals surface area contributed by atoms with Gasteiger partial charge in [-0.05, 0) is 99.1 Å². The summed E-state index contributed by atoms with van der Waals surface area (Å²) in [5.74, 6) is 4.05. The summed E-state index contributed by atoms with van der Waals surface area (Å²) >= 11 is 0. The molecule has 4 bridgehead atoms. The van der Waals surface area contributed by atoms with Crippen LogP contribution in [0.4, 0.5) is 0 Å². The summed E-state index contributed by atoms with van der Waals surface area (Å²) in [4.78, 5) is 3.10. The number of hydrogen-bond acceptors (Lipinski definition) is 1. The molecule has 1 unspecified atom stereocenters. The zero-order chi connectivity index (χ0) is 20.0. The Kier molecular flexibility index (Phi) is 5.10. The van der Waals surface area contributed by atoms with E-state index in [4.69, 9.17) is 4.74 Å².